The molecule has 0 saturated carbocycles. The molecule has 102 valence electrons. The second-order valence-electron chi connectivity index (χ2n) is 4.26. The molecule has 0 aliphatic rings. The molecular formula is C15H20N2O2. The molecule has 19 heavy (non-hydrogen) atoms. The van der Waals surface area contributed by atoms with Crippen molar-refractivity contribution in [3.05, 3.63) is 54.6 Å². The van der Waals surface area contributed by atoms with Crippen LogP contribution in [0.4, 0.5) is 0 Å². The van der Waals surface area contributed by atoms with Gasteiger partial charge < -0.3 is 9.90 Å². The number of carbonyl (C=O) groups is 1. The molecule has 0 aliphatic carbocycles. The number of benzene rings is 1. The van der Waals surface area contributed by atoms with E-state index in [2.05, 4.69) is 65.1 Å². The largest absolute Gasteiger partial charge is 0.554 e. The molecule has 0 spiro atoms. The van der Waals surface area contributed by atoms with Crippen LogP contribution in [0.2, 0.25) is 0 Å². The predicted octanol–water partition coefficient (Wildman–Crippen LogP) is 0.990. The highest BCUT2D eigenvalue weighted by atomic mass is 16.3. The van der Waals surface area contributed by atoms with E-state index in [1.54, 1.807) is 0 Å². The molecule has 1 aromatic carbocycles. The summed E-state index contributed by atoms with van der Waals surface area (Å²) in [4.78, 5) is 8.25. The number of carboxylic acid groups (broad SMARTS) is 1. The smallest absolute Gasteiger partial charge is 0.244 e. The van der Waals surface area contributed by atoms with Crippen molar-refractivity contribution < 1.29 is 14.5 Å². The van der Waals surface area contributed by atoms with Gasteiger partial charge in [0.15, 0.2) is 0 Å². The molecule has 0 saturated heterocycles. The van der Waals surface area contributed by atoms with Crippen LogP contribution in [-0.4, -0.2) is 11.0 Å². The summed E-state index contributed by atoms with van der Waals surface area (Å²) < 4.78 is 4.48. The number of aromatic nitrogens is 2. The van der Waals surface area contributed by atoms with Crippen molar-refractivity contribution in [1.29, 1.82) is 0 Å². The van der Waals surface area contributed by atoms with Gasteiger partial charge in [0.1, 0.15) is 18.9 Å². The van der Waals surface area contributed by atoms with Crippen LogP contribution in [0.1, 0.15) is 25.3 Å². The van der Waals surface area contributed by atoms with Crippen LogP contribution in [0.15, 0.2) is 49.1 Å². The van der Waals surface area contributed by atoms with Crippen molar-refractivity contribution in [3.8, 4) is 0 Å². The normalized spacial score (nSPS) is 9.53. The zero-order valence-corrected chi connectivity index (χ0v) is 11.2. The van der Waals surface area contributed by atoms with Crippen molar-refractivity contribution in [2.24, 2.45) is 0 Å². The average Bonchev–Trinajstić information content (AvgIpc) is 2.86. The number of unbranched alkanes of at least 4 members (excludes halogenated alkanes) is 1. The predicted molar refractivity (Wildman–Crippen MR) is 71.1 cm³/mol. The summed E-state index contributed by atoms with van der Waals surface area (Å²) >= 11 is 0. The maximum Gasteiger partial charge on any atom is 0.244 e. The lowest BCUT2D eigenvalue weighted by atomic mass is 10.2. The van der Waals surface area contributed by atoms with Crippen LogP contribution < -0.4 is 9.67 Å². The fraction of sp³-hybridized carbons (Fsp3) is 0.333. The van der Waals surface area contributed by atoms with Crippen LogP contribution in [0.3, 0.4) is 0 Å². The molecule has 1 heterocycles. The van der Waals surface area contributed by atoms with E-state index in [9.17, 15) is 0 Å². The van der Waals surface area contributed by atoms with E-state index >= 15 is 0 Å². The van der Waals surface area contributed by atoms with Crippen molar-refractivity contribution in [1.82, 2.24) is 4.57 Å². The molecule has 2 rings (SSSR count). The van der Waals surface area contributed by atoms with Crippen molar-refractivity contribution in [2.75, 3.05) is 0 Å². The summed E-state index contributed by atoms with van der Waals surface area (Å²) in [6.07, 6.45) is 8.97. The second kappa shape index (κ2) is 8.91. The summed E-state index contributed by atoms with van der Waals surface area (Å²) in [5.74, 6) is 0. The monoisotopic (exact) mass is 260 g/mol. The van der Waals surface area contributed by atoms with E-state index in [0.717, 1.165) is 13.1 Å². The van der Waals surface area contributed by atoms with Gasteiger partial charge in [-0.15, -0.1) is 0 Å². The first kappa shape index (κ1) is 15.0. The lowest BCUT2D eigenvalue weighted by molar-refractivity contribution is -0.696. The molecule has 0 atom stereocenters. The fourth-order valence-corrected chi connectivity index (χ4v) is 1.80. The van der Waals surface area contributed by atoms with E-state index in [4.69, 9.17) is 9.90 Å². The van der Waals surface area contributed by atoms with Gasteiger partial charge in [0.25, 0.3) is 0 Å². The van der Waals surface area contributed by atoms with Gasteiger partial charge in [-0.25, -0.2) is 9.13 Å². The molecule has 0 bridgehead atoms. The number of hydrogen-bond acceptors (Lipinski definition) is 2. The van der Waals surface area contributed by atoms with E-state index in [1.165, 1.54) is 18.4 Å². The molecule has 2 aromatic rings. The lowest BCUT2D eigenvalue weighted by Crippen LogP contribution is -2.30. The average molecular weight is 260 g/mol. The Morgan fingerprint density at radius 1 is 1.32 bits per heavy atom. The zero-order chi connectivity index (χ0) is 13.9. The number of imidazole rings is 1. The topological polar surface area (TPSA) is 48.9 Å². The number of rotatable bonds is 5. The molecule has 4 heteroatoms. The Kier molecular flexibility index (Phi) is 7.02. The van der Waals surface area contributed by atoms with Crippen molar-refractivity contribution in [3.63, 3.8) is 0 Å². The van der Waals surface area contributed by atoms with Gasteiger partial charge in [-0.1, -0.05) is 43.7 Å². The van der Waals surface area contributed by atoms with Gasteiger partial charge in [0.2, 0.25) is 6.33 Å². The Bertz CT molecular complexity index is 466. The van der Waals surface area contributed by atoms with Gasteiger partial charge in [0.05, 0.1) is 6.54 Å². The van der Waals surface area contributed by atoms with Gasteiger partial charge in [-0.2, -0.15) is 0 Å². The third kappa shape index (κ3) is 5.86. The van der Waals surface area contributed by atoms with Crippen LogP contribution in [0.5, 0.6) is 0 Å². The quantitative estimate of drug-likeness (QED) is 0.594. The standard InChI is InChI=1S/C14H19N2.CH2O2/c1-2-3-9-15-10-11-16(13-15)12-14-7-5-4-6-8-14;2-1-3/h4-8,10-11,13H,2-3,9,12H2,1H3;1H,(H,2,3)/q+1;/p-1. The van der Waals surface area contributed by atoms with Crippen molar-refractivity contribution >= 4 is 6.47 Å². The summed E-state index contributed by atoms with van der Waals surface area (Å²) in [6, 6.07) is 10.6. The number of aryl methyl sites for hydroxylation is 1. The van der Waals surface area contributed by atoms with Crippen LogP contribution >= 0.6 is 0 Å². The highest BCUT2D eigenvalue weighted by Gasteiger charge is 2.03. The first-order valence-corrected chi connectivity index (χ1v) is 6.44. The number of hydrogen-bond donors (Lipinski definition) is 0. The van der Waals surface area contributed by atoms with Gasteiger partial charge in [-0.05, 0) is 12.0 Å². The van der Waals surface area contributed by atoms with E-state index < -0.39 is 6.47 Å². The van der Waals surface area contributed by atoms with Crippen LogP contribution in [0.25, 0.3) is 0 Å². The minimum atomic E-state index is -0.500. The van der Waals surface area contributed by atoms with Crippen molar-refractivity contribution in [2.45, 2.75) is 32.9 Å². The molecule has 0 amide bonds. The van der Waals surface area contributed by atoms with E-state index in [1.807, 2.05) is 0 Å². The number of carbonyl (C=O) groups excluding carboxylic acids is 1. The molecule has 0 radical (unpaired) electrons. The lowest BCUT2D eigenvalue weighted by Gasteiger charge is -1.96. The summed E-state index contributed by atoms with van der Waals surface area (Å²) in [5, 5.41) is 8.25. The van der Waals surface area contributed by atoms with E-state index in [0.29, 0.717) is 0 Å². The molecule has 0 aliphatic heterocycles. The number of nitrogens with zero attached hydrogens (tertiary/aromatic N) is 2. The third-order valence-electron chi connectivity index (χ3n) is 2.72. The Labute approximate surface area is 113 Å². The first-order chi connectivity index (χ1) is 9.30. The highest BCUT2D eigenvalue weighted by Crippen LogP contribution is 2.01. The zero-order valence-electron chi connectivity index (χ0n) is 11.2. The van der Waals surface area contributed by atoms with Gasteiger partial charge in [0, 0.05) is 6.47 Å². The molecule has 4 nitrogen and oxygen atoms in total. The molecule has 0 unspecified atom stereocenters. The third-order valence-corrected chi connectivity index (χ3v) is 2.72. The van der Waals surface area contributed by atoms with Gasteiger partial charge in [-0.3, -0.25) is 0 Å². The molecule has 1 aromatic heterocycles. The molecule has 0 fully saturated rings. The van der Waals surface area contributed by atoms with Crippen LogP contribution in [-0.2, 0) is 17.9 Å². The Hall–Kier alpha value is -2.10. The minimum Gasteiger partial charge on any atom is -0.554 e. The summed E-state index contributed by atoms with van der Waals surface area (Å²) in [6.45, 7) is 3.81. The molecule has 0 N–H and O–H groups in total. The Balaban J connectivity index is 0.000000550. The second-order valence-corrected chi connectivity index (χ2v) is 4.26. The van der Waals surface area contributed by atoms with Crippen LogP contribution in [0, 0.1) is 0 Å². The minimum absolute atomic E-state index is 0.500. The van der Waals surface area contributed by atoms with E-state index in [-0.39, 0.29) is 0 Å². The summed E-state index contributed by atoms with van der Waals surface area (Å²) in [5.41, 5.74) is 1.35. The molecular weight excluding hydrogens is 240 g/mol. The first-order valence-electron chi connectivity index (χ1n) is 6.44. The summed E-state index contributed by atoms with van der Waals surface area (Å²) in [7, 11) is 0. The maximum atomic E-state index is 8.25. The fourth-order valence-electron chi connectivity index (χ4n) is 1.80. The Morgan fingerprint density at radius 2 is 2.00 bits per heavy atom. The van der Waals surface area contributed by atoms with Gasteiger partial charge >= 0.3 is 0 Å². The SMILES string of the molecule is CCCC[n+]1ccn(Cc2ccccc2)c1.O=C[O-]. The highest BCUT2D eigenvalue weighted by molar-refractivity contribution is 5.29. The Morgan fingerprint density at radius 3 is 2.63 bits per heavy atom. The maximum absolute atomic E-state index is 8.25.